The molecule has 0 aliphatic carbocycles. The summed E-state index contributed by atoms with van der Waals surface area (Å²) in [5.41, 5.74) is 6.42. The lowest BCUT2D eigenvalue weighted by Crippen LogP contribution is -2.47. The first-order chi connectivity index (χ1) is 13.4. The van der Waals surface area contributed by atoms with Crippen LogP contribution in [0.3, 0.4) is 0 Å². The van der Waals surface area contributed by atoms with Gasteiger partial charge in [0.2, 0.25) is 12.7 Å². The number of guanidine groups is 1. The van der Waals surface area contributed by atoms with E-state index in [-0.39, 0.29) is 18.1 Å². The second-order valence-corrected chi connectivity index (χ2v) is 8.25. The number of benzene rings is 1. The Morgan fingerprint density at radius 1 is 1.36 bits per heavy atom. The maximum Gasteiger partial charge on any atom is 0.231 e. The van der Waals surface area contributed by atoms with Crippen molar-refractivity contribution in [3.8, 4) is 11.5 Å². The van der Waals surface area contributed by atoms with Crippen LogP contribution in [0.4, 0.5) is 0 Å². The van der Waals surface area contributed by atoms with Crippen LogP contribution in [0.1, 0.15) is 45.6 Å². The van der Waals surface area contributed by atoms with Crippen molar-refractivity contribution >= 4 is 11.9 Å². The molecule has 0 spiro atoms. The molecule has 154 valence electrons. The normalized spacial score (nSPS) is 19.6. The molecule has 1 amide bonds. The van der Waals surface area contributed by atoms with Crippen LogP contribution in [0.15, 0.2) is 23.2 Å². The SMILES string of the molecule is CCNC(=NCC(C)(C)c1ccc2c(c1)OCO2)N1CCCC(CC(N)=O)C1. The number of carbonyl (C=O) groups excluding carboxylic acids is 1. The molecule has 0 aromatic heterocycles. The first kappa shape index (κ1) is 20.3. The Morgan fingerprint density at radius 2 is 2.14 bits per heavy atom. The monoisotopic (exact) mass is 388 g/mol. The van der Waals surface area contributed by atoms with Gasteiger partial charge in [-0.3, -0.25) is 9.79 Å². The van der Waals surface area contributed by atoms with Gasteiger partial charge in [0, 0.05) is 31.5 Å². The zero-order valence-electron chi connectivity index (χ0n) is 17.2. The van der Waals surface area contributed by atoms with E-state index >= 15 is 0 Å². The molecule has 7 nitrogen and oxygen atoms in total. The molecule has 2 heterocycles. The molecule has 1 saturated heterocycles. The molecule has 28 heavy (non-hydrogen) atoms. The molecule has 1 atom stereocenters. The number of carbonyl (C=O) groups is 1. The van der Waals surface area contributed by atoms with Gasteiger partial charge in [-0.15, -0.1) is 0 Å². The van der Waals surface area contributed by atoms with Crippen LogP contribution < -0.4 is 20.5 Å². The minimum atomic E-state index is -0.224. The van der Waals surface area contributed by atoms with Gasteiger partial charge in [-0.25, -0.2) is 0 Å². The fourth-order valence-corrected chi connectivity index (χ4v) is 3.82. The highest BCUT2D eigenvalue weighted by molar-refractivity contribution is 5.80. The van der Waals surface area contributed by atoms with E-state index in [1.807, 2.05) is 6.07 Å². The molecule has 2 aliphatic rings. The average molecular weight is 389 g/mol. The number of piperidine rings is 1. The molecule has 3 N–H and O–H groups in total. The van der Waals surface area contributed by atoms with Crippen LogP contribution in [0.25, 0.3) is 0 Å². The number of ether oxygens (including phenoxy) is 2. The Kier molecular flexibility index (Phi) is 6.31. The van der Waals surface area contributed by atoms with Crippen molar-refractivity contribution in [2.24, 2.45) is 16.6 Å². The van der Waals surface area contributed by atoms with Crippen molar-refractivity contribution < 1.29 is 14.3 Å². The largest absolute Gasteiger partial charge is 0.454 e. The van der Waals surface area contributed by atoms with E-state index < -0.39 is 0 Å². The minimum absolute atomic E-state index is 0.149. The first-order valence-electron chi connectivity index (χ1n) is 10.1. The molecule has 3 rings (SSSR count). The van der Waals surface area contributed by atoms with E-state index in [1.165, 1.54) is 5.56 Å². The number of primary amides is 1. The van der Waals surface area contributed by atoms with Gasteiger partial charge in [0.25, 0.3) is 0 Å². The summed E-state index contributed by atoms with van der Waals surface area (Å²) in [4.78, 5) is 18.5. The maximum atomic E-state index is 11.3. The number of rotatable bonds is 6. The Morgan fingerprint density at radius 3 is 2.89 bits per heavy atom. The summed E-state index contributed by atoms with van der Waals surface area (Å²) in [6.07, 6.45) is 2.54. The zero-order valence-corrected chi connectivity index (χ0v) is 17.2. The van der Waals surface area contributed by atoms with Crippen LogP contribution in [-0.4, -0.2) is 49.7 Å². The number of amides is 1. The molecule has 1 fully saturated rings. The minimum Gasteiger partial charge on any atom is -0.454 e. The smallest absolute Gasteiger partial charge is 0.231 e. The standard InChI is InChI=1S/C21H32N4O3/c1-4-23-20(25-9-5-6-15(12-25)10-19(22)26)24-13-21(2,3)16-7-8-17-18(11-16)28-14-27-17/h7-8,11,15H,4-6,9-10,12-14H2,1-3H3,(H2,22,26)(H,23,24). The number of nitrogens with one attached hydrogen (secondary N) is 1. The van der Waals surface area contributed by atoms with E-state index in [2.05, 4.69) is 43.1 Å². The molecule has 7 heteroatoms. The van der Waals surface area contributed by atoms with Crippen LogP contribution in [0, 0.1) is 5.92 Å². The quantitative estimate of drug-likeness (QED) is 0.576. The van der Waals surface area contributed by atoms with Crippen molar-refractivity contribution in [1.29, 1.82) is 0 Å². The lowest BCUT2D eigenvalue weighted by atomic mass is 9.84. The Hall–Kier alpha value is -2.44. The third kappa shape index (κ3) is 4.88. The van der Waals surface area contributed by atoms with Crippen LogP contribution in [-0.2, 0) is 10.2 Å². The van der Waals surface area contributed by atoms with Crippen LogP contribution >= 0.6 is 0 Å². The Bertz CT molecular complexity index is 732. The van der Waals surface area contributed by atoms with Gasteiger partial charge in [-0.1, -0.05) is 19.9 Å². The van der Waals surface area contributed by atoms with E-state index in [1.54, 1.807) is 0 Å². The van der Waals surface area contributed by atoms with Crippen molar-refractivity contribution in [3.63, 3.8) is 0 Å². The fraction of sp³-hybridized carbons (Fsp3) is 0.619. The van der Waals surface area contributed by atoms with Gasteiger partial charge in [0.05, 0.1) is 6.54 Å². The highest BCUT2D eigenvalue weighted by Gasteiger charge is 2.26. The molecule has 0 saturated carbocycles. The number of hydrogen-bond donors (Lipinski definition) is 2. The van der Waals surface area contributed by atoms with E-state index in [9.17, 15) is 4.79 Å². The summed E-state index contributed by atoms with van der Waals surface area (Å²) in [5, 5.41) is 3.41. The molecule has 1 aromatic rings. The molecule has 1 unspecified atom stereocenters. The van der Waals surface area contributed by atoms with Gasteiger partial charge in [-0.05, 0) is 43.4 Å². The third-order valence-electron chi connectivity index (χ3n) is 5.42. The van der Waals surface area contributed by atoms with Gasteiger partial charge in [0.15, 0.2) is 17.5 Å². The summed E-state index contributed by atoms with van der Waals surface area (Å²) in [6.45, 7) is 9.94. The first-order valence-corrected chi connectivity index (χ1v) is 10.1. The van der Waals surface area contributed by atoms with Crippen molar-refractivity contribution in [3.05, 3.63) is 23.8 Å². The summed E-state index contributed by atoms with van der Waals surface area (Å²) in [6, 6.07) is 6.10. The number of fused-ring (bicyclic) bond motifs is 1. The van der Waals surface area contributed by atoms with Crippen LogP contribution in [0.2, 0.25) is 0 Å². The number of nitrogens with zero attached hydrogens (tertiary/aromatic N) is 2. The number of aliphatic imine (C=N–C) groups is 1. The Balaban J connectivity index is 1.71. The van der Waals surface area contributed by atoms with E-state index in [0.29, 0.717) is 18.9 Å². The molecular formula is C21H32N4O3. The van der Waals surface area contributed by atoms with Gasteiger partial charge in [-0.2, -0.15) is 0 Å². The lowest BCUT2D eigenvalue weighted by molar-refractivity contribution is -0.119. The van der Waals surface area contributed by atoms with Crippen molar-refractivity contribution in [2.75, 3.05) is 33.0 Å². The number of likely N-dealkylation sites (tertiary alicyclic amines) is 1. The van der Waals surface area contributed by atoms with Crippen molar-refractivity contribution in [2.45, 2.75) is 45.4 Å². The second kappa shape index (κ2) is 8.71. The molecule has 1 aromatic carbocycles. The maximum absolute atomic E-state index is 11.3. The number of hydrogen-bond acceptors (Lipinski definition) is 4. The second-order valence-electron chi connectivity index (χ2n) is 8.25. The molecule has 2 aliphatic heterocycles. The topological polar surface area (TPSA) is 89.2 Å². The Labute approximate surface area is 167 Å². The summed E-state index contributed by atoms with van der Waals surface area (Å²) in [7, 11) is 0. The fourth-order valence-electron chi connectivity index (χ4n) is 3.82. The highest BCUT2D eigenvalue weighted by atomic mass is 16.7. The summed E-state index contributed by atoms with van der Waals surface area (Å²) in [5.74, 6) is 2.58. The van der Waals surface area contributed by atoms with Gasteiger partial charge >= 0.3 is 0 Å². The van der Waals surface area contributed by atoms with Gasteiger partial charge < -0.3 is 25.4 Å². The summed E-state index contributed by atoms with van der Waals surface area (Å²) >= 11 is 0. The molecule has 0 radical (unpaired) electrons. The molecular weight excluding hydrogens is 356 g/mol. The van der Waals surface area contributed by atoms with Crippen LogP contribution in [0.5, 0.6) is 11.5 Å². The van der Waals surface area contributed by atoms with E-state index in [0.717, 1.165) is 49.9 Å². The van der Waals surface area contributed by atoms with Crippen molar-refractivity contribution in [1.82, 2.24) is 10.2 Å². The lowest BCUT2D eigenvalue weighted by Gasteiger charge is -2.35. The predicted molar refractivity (Wildman–Crippen MR) is 110 cm³/mol. The third-order valence-corrected chi connectivity index (χ3v) is 5.42. The summed E-state index contributed by atoms with van der Waals surface area (Å²) < 4.78 is 10.9. The predicted octanol–water partition coefficient (Wildman–Crippen LogP) is 2.25. The molecule has 0 bridgehead atoms. The highest BCUT2D eigenvalue weighted by Crippen LogP contribution is 2.36. The number of nitrogens with two attached hydrogens (primary N) is 1. The van der Waals surface area contributed by atoms with Gasteiger partial charge in [0.1, 0.15) is 0 Å². The zero-order chi connectivity index (χ0) is 20.1. The average Bonchev–Trinajstić information content (AvgIpc) is 3.12. The van der Waals surface area contributed by atoms with E-state index in [4.69, 9.17) is 20.2 Å².